The van der Waals surface area contributed by atoms with Gasteiger partial charge in [-0.15, -0.1) is 16.7 Å². The van der Waals surface area contributed by atoms with E-state index in [-0.39, 0.29) is 6.04 Å². The molecule has 0 spiro atoms. The average Bonchev–Trinajstić information content (AvgIpc) is 2.86. The van der Waals surface area contributed by atoms with Crippen molar-refractivity contribution in [1.82, 2.24) is 20.2 Å². The van der Waals surface area contributed by atoms with Gasteiger partial charge in [-0.25, -0.2) is 4.68 Å². The number of aromatic nitrogens is 4. The van der Waals surface area contributed by atoms with Gasteiger partial charge in [0.2, 0.25) is 0 Å². The van der Waals surface area contributed by atoms with Gasteiger partial charge < -0.3 is 0 Å². The standard InChI is InChI=1S/C12H13ClN4/c13-8-12-14-15-16-17(12)11-7-3-5-9-4-1-2-6-10(9)11/h1-2,4,6,11H,3,5,7-8H2. The highest BCUT2D eigenvalue weighted by Gasteiger charge is 2.24. The zero-order valence-corrected chi connectivity index (χ0v) is 10.1. The van der Waals surface area contributed by atoms with Crippen molar-refractivity contribution in [2.75, 3.05) is 0 Å². The summed E-state index contributed by atoms with van der Waals surface area (Å²) in [5.74, 6) is 1.10. The molecule has 1 atom stereocenters. The first-order chi connectivity index (χ1) is 8.40. The molecule has 1 aromatic heterocycles. The first kappa shape index (κ1) is 10.7. The van der Waals surface area contributed by atoms with Gasteiger partial charge in [-0.3, -0.25) is 0 Å². The van der Waals surface area contributed by atoms with Crippen LogP contribution in [-0.4, -0.2) is 20.2 Å². The van der Waals surface area contributed by atoms with Crippen molar-refractivity contribution in [1.29, 1.82) is 0 Å². The van der Waals surface area contributed by atoms with Gasteiger partial charge in [0.1, 0.15) is 0 Å². The number of hydrogen-bond acceptors (Lipinski definition) is 3. The summed E-state index contributed by atoms with van der Waals surface area (Å²) < 4.78 is 1.87. The van der Waals surface area contributed by atoms with Crippen LogP contribution in [0.25, 0.3) is 0 Å². The number of tetrazole rings is 1. The molecule has 3 rings (SSSR count). The van der Waals surface area contributed by atoms with E-state index >= 15 is 0 Å². The minimum absolute atomic E-state index is 0.240. The molecule has 0 N–H and O–H groups in total. The summed E-state index contributed by atoms with van der Waals surface area (Å²) in [5.41, 5.74) is 2.73. The van der Waals surface area contributed by atoms with Gasteiger partial charge >= 0.3 is 0 Å². The summed E-state index contributed by atoms with van der Waals surface area (Å²) in [4.78, 5) is 0. The van der Waals surface area contributed by atoms with Crippen LogP contribution >= 0.6 is 11.6 Å². The van der Waals surface area contributed by atoms with Crippen molar-refractivity contribution >= 4 is 11.6 Å². The highest BCUT2D eigenvalue weighted by atomic mass is 35.5. The molecule has 5 heteroatoms. The van der Waals surface area contributed by atoms with Crippen LogP contribution in [0.2, 0.25) is 0 Å². The van der Waals surface area contributed by atoms with E-state index in [1.807, 2.05) is 4.68 Å². The fraction of sp³-hybridized carbons (Fsp3) is 0.417. The number of nitrogens with zero attached hydrogens (tertiary/aromatic N) is 4. The molecular weight excluding hydrogens is 236 g/mol. The van der Waals surface area contributed by atoms with Crippen molar-refractivity contribution in [3.8, 4) is 0 Å². The van der Waals surface area contributed by atoms with Crippen LogP contribution in [0.4, 0.5) is 0 Å². The summed E-state index contributed by atoms with van der Waals surface area (Å²) in [6.07, 6.45) is 3.39. The van der Waals surface area contributed by atoms with Crippen LogP contribution in [-0.2, 0) is 12.3 Å². The van der Waals surface area contributed by atoms with Crippen LogP contribution in [0.3, 0.4) is 0 Å². The summed E-state index contributed by atoms with van der Waals surface area (Å²) in [7, 11) is 0. The van der Waals surface area contributed by atoms with Crippen molar-refractivity contribution in [2.45, 2.75) is 31.2 Å². The number of benzene rings is 1. The van der Waals surface area contributed by atoms with Crippen LogP contribution in [0.15, 0.2) is 24.3 Å². The lowest BCUT2D eigenvalue weighted by Gasteiger charge is -2.25. The van der Waals surface area contributed by atoms with Gasteiger partial charge in [0, 0.05) is 0 Å². The van der Waals surface area contributed by atoms with E-state index in [9.17, 15) is 0 Å². The Hall–Kier alpha value is -1.42. The van der Waals surface area contributed by atoms with E-state index in [2.05, 4.69) is 39.8 Å². The summed E-state index contributed by atoms with van der Waals surface area (Å²) in [6, 6.07) is 8.75. The fourth-order valence-electron chi connectivity index (χ4n) is 2.52. The molecule has 0 aliphatic heterocycles. The van der Waals surface area contributed by atoms with E-state index in [4.69, 9.17) is 11.6 Å². The summed E-state index contributed by atoms with van der Waals surface area (Å²) in [6.45, 7) is 0. The Bertz CT molecular complexity index is 523. The van der Waals surface area contributed by atoms with Crippen LogP contribution in [0, 0.1) is 0 Å². The van der Waals surface area contributed by atoms with E-state index in [0.29, 0.717) is 5.88 Å². The van der Waals surface area contributed by atoms with Crippen molar-refractivity contribution in [3.05, 3.63) is 41.2 Å². The third kappa shape index (κ3) is 1.82. The van der Waals surface area contributed by atoms with Gasteiger partial charge in [0.15, 0.2) is 5.82 Å². The molecule has 1 aliphatic carbocycles. The molecule has 1 unspecified atom stereocenters. The molecule has 1 heterocycles. The third-order valence-corrected chi connectivity index (χ3v) is 3.55. The molecular formula is C12H13ClN4. The lowest BCUT2D eigenvalue weighted by molar-refractivity contribution is 0.432. The maximum atomic E-state index is 5.86. The van der Waals surface area contributed by atoms with Gasteiger partial charge in [-0.2, -0.15) is 0 Å². The molecule has 2 aromatic rings. The Morgan fingerprint density at radius 3 is 3.12 bits per heavy atom. The van der Waals surface area contributed by atoms with Crippen molar-refractivity contribution in [3.63, 3.8) is 0 Å². The largest absolute Gasteiger partial charge is 0.221 e. The van der Waals surface area contributed by atoms with Crippen molar-refractivity contribution in [2.24, 2.45) is 0 Å². The number of aryl methyl sites for hydroxylation is 1. The average molecular weight is 249 g/mol. The first-order valence-electron chi connectivity index (χ1n) is 5.80. The van der Waals surface area contributed by atoms with E-state index in [0.717, 1.165) is 18.7 Å². The minimum atomic E-state index is 0.240. The molecule has 1 aromatic carbocycles. The SMILES string of the molecule is ClCc1nnnn1C1CCCc2ccccc21. The molecule has 88 valence electrons. The van der Waals surface area contributed by atoms with Gasteiger partial charge in [-0.1, -0.05) is 24.3 Å². The first-order valence-corrected chi connectivity index (χ1v) is 6.34. The molecule has 4 nitrogen and oxygen atoms in total. The van der Waals surface area contributed by atoms with E-state index in [1.54, 1.807) is 0 Å². The van der Waals surface area contributed by atoms with Gasteiger partial charge in [0.05, 0.1) is 11.9 Å². The maximum Gasteiger partial charge on any atom is 0.166 e. The lowest BCUT2D eigenvalue weighted by Crippen LogP contribution is -2.20. The number of rotatable bonds is 2. The number of fused-ring (bicyclic) bond motifs is 1. The van der Waals surface area contributed by atoms with E-state index < -0.39 is 0 Å². The van der Waals surface area contributed by atoms with Crippen molar-refractivity contribution < 1.29 is 0 Å². The maximum absolute atomic E-state index is 5.86. The Labute approximate surface area is 105 Å². The lowest BCUT2D eigenvalue weighted by atomic mass is 9.88. The second-order valence-corrected chi connectivity index (χ2v) is 4.55. The molecule has 0 bridgehead atoms. The van der Waals surface area contributed by atoms with Crippen LogP contribution < -0.4 is 0 Å². The van der Waals surface area contributed by atoms with Gasteiger partial charge in [-0.05, 0) is 40.8 Å². The monoisotopic (exact) mass is 248 g/mol. The number of alkyl halides is 1. The molecule has 0 fully saturated rings. The zero-order valence-electron chi connectivity index (χ0n) is 9.38. The second-order valence-electron chi connectivity index (χ2n) is 4.28. The van der Waals surface area contributed by atoms with Gasteiger partial charge in [0.25, 0.3) is 0 Å². The molecule has 0 radical (unpaired) electrons. The zero-order chi connectivity index (χ0) is 11.7. The number of hydrogen-bond donors (Lipinski definition) is 0. The Morgan fingerprint density at radius 2 is 2.24 bits per heavy atom. The molecule has 17 heavy (non-hydrogen) atoms. The molecule has 0 saturated carbocycles. The highest BCUT2D eigenvalue weighted by Crippen LogP contribution is 2.32. The summed E-state index contributed by atoms with van der Waals surface area (Å²) >= 11 is 5.86. The van der Waals surface area contributed by atoms with Crippen LogP contribution in [0.1, 0.15) is 35.8 Å². The minimum Gasteiger partial charge on any atom is -0.221 e. The Morgan fingerprint density at radius 1 is 1.35 bits per heavy atom. The predicted molar refractivity (Wildman–Crippen MR) is 64.9 cm³/mol. The predicted octanol–water partition coefficient (Wildman–Crippen LogP) is 2.34. The third-order valence-electron chi connectivity index (χ3n) is 3.31. The quantitative estimate of drug-likeness (QED) is 0.767. The second kappa shape index (κ2) is 4.45. The topological polar surface area (TPSA) is 43.6 Å². The molecule has 0 saturated heterocycles. The normalized spacial score (nSPS) is 19.0. The van der Waals surface area contributed by atoms with E-state index in [1.165, 1.54) is 17.5 Å². The summed E-state index contributed by atoms with van der Waals surface area (Å²) in [5, 5.41) is 11.8. The highest BCUT2D eigenvalue weighted by molar-refractivity contribution is 6.16. The Balaban J connectivity index is 2.06. The molecule has 1 aliphatic rings. The van der Waals surface area contributed by atoms with Crippen LogP contribution in [0.5, 0.6) is 0 Å². The fourth-order valence-corrected chi connectivity index (χ4v) is 2.70. The smallest absolute Gasteiger partial charge is 0.166 e. The number of halogens is 1. The Kier molecular flexibility index (Phi) is 2.81. The molecule has 0 amide bonds.